The van der Waals surface area contributed by atoms with E-state index < -0.39 is 0 Å². The van der Waals surface area contributed by atoms with E-state index in [-0.39, 0.29) is 0 Å². The Morgan fingerprint density at radius 1 is 0.750 bits per heavy atom. The number of rotatable bonds is 1. The van der Waals surface area contributed by atoms with Gasteiger partial charge in [0.15, 0.2) is 0 Å². The van der Waals surface area contributed by atoms with Gasteiger partial charge < -0.3 is 4.90 Å². The molecule has 1 fully saturated rings. The molecule has 1 aliphatic rings. The van der Waals surface area contributed by atoms with E-state index in [2.05, 4.69) is 59.5 Å². The van der Waals surface area contributed by atoms with Gasteiger partial charge in [-0.25, -0.2) is 0 Å². The number of nitrogens with zero attached hydrogens (tertiary/aromatic N) is 1. The molecule has 1 heteroatoms. The first-order chi connectivity index (χ1) is 9.90. The second kappa shape index (κ2) is 4.82. The number of piperidine rings is 1. The van der Waals surface area contributed by atoms with Crippen LogP contribution in [0.15, 0.2) is 48.5 Å². The van der Waals surface area contributed by atoms with Gasteiger partial charge in [0.2, 0.25) is 0 Å². The molecule has 0 unspecified atom stereocenters. The molecule has 3 aromatic rings. The van der Waals surface area contributed by atoms with Crippen LogP contribution in [0.2, 0.25) is 0 Å². The van der Waals surface area contributed by atoms with Crippen molar-refractivity contribution in [2.75, 3.05) is 18.0 Å². The summed E-state index contributed by atoms with van der Waals surface area (Å²) in [6.45, 7) is 2.35. The molecule has 0 saturated carbocycles. The molecule has 0 N–H and O–H groups in total. The van der Waals surface area contributed by atoms with Crippen LogP contribution in [-0.2, 0) is 0 Å². The van der Waals surface area contributed by atoms with Gasteiger partial charge in [-0.2, -0.15) is 0 Å². The van der Waals surface area contributed by atoms with Gasteiger partial charge in [-0.05, 0) is 59.0 Å². The van der Waals surface area contributed by atoms with Gasteiger partial charge >= 0.3 is 0 Å². The van der Waals surface area contributed by atoms with Crippen molar-refractivity contribution in [2.24, 2.45) is 0 Å². The zero-order valence-corrected chi connectivity index (χ0v) is 11.6. The topological polar surface area (TPSA) is 3.24 Å². The summed E-state index contributed by atoms with van der Waals surface area (Å²) in [6.07, 6.45) is 3.99. The van der Waals surface area contributed by atoms with Gasteiger partial charge in [0.25, 0.3) is 0 Å². The molecule has 0 aliphatic carbocycles. The highest BCUT2D eigenvalue weighted by Crippen LogP contribution is 2.27. The fourth-order valence-electron chi connectivity index (χ4n) is 3.17. The molecule has 0 aromatic heterocycles. The van der Waals surface area contributed by atoms with E-state index >= 15 is 0 Å². The Balaban J connectivity index is 1.83. The fourth-order valence-corrected chi connectivity index (χ4v) is 3.17. The smallest absolute Gasteiger partial charge is 0.0453 e. The normalized spacial score (nSPS) is 15.9. The van der Waals surface area contributed by atoms with E-state index in [0.717, 1.165) is 0 Å². The summed E-state index contributed by atoms with van der Waals surface area (Å²) in [5.74, 6) is 0. The molecule has 0 amide bonds. The zero-order chi connectivity index (χ0) is 13.4. The van der Waals surface area contributed by atoms with Crippen LogP contribution in [0.25, 0.3) is 21.5 Å². The van der Waals surface area contributed by atoms with Crippen molar-refractivity contribution in [1.82, 2.24) is 0 Å². The summed E-state index contributed by atoms with van der Waals surface area (Å²) in [5, 5.41) is 5.11. The van der Waals surface area contributed by atoms with Gasteiger partial charge in [0, 0.05) is 24.8 Å². The van der Waals surface area contributed by atoms with Crippen molar-refractivity contribution in [3.63, 3.8) is 0 Å². The van der Waals surface area contributed by atoms with Crippen LogP contribution in [-0.4, -0.2) is 13.1 Å². The van der Waals surface area contributed by atoms with Crippen LogP contribution in [0.1, 0.15) is 19.3 Å². The lowest BCUT2D eigenvalue weighted by Gasteiger charge is -2.28. The Morgan fingerprint density at radius 3 is 2.30 bits per heavy atom. The highest BCUT2D eigenvalue weighted by Gasteiger charge is 2.11. The van der Waals surface area contributed by atoms with Crippen LogP contribution in [0, 0.1) is 6.07 Å². The van der Waals surface area contributed by atoms with Crippen molar-refractivity contribution in [3.05, 3.63) is 54.6 Å². The number of anilines is 1. The first kappa shape index (κ1) is 11.8. The van der Waals surface area contributed by atoms with Crippen molar-refractivity contribution < 1.29 is 0 Å². The van der Waals surface area contributed by atoms with Crippen molar-refractivity contribution in [2.45, 2.75) is 19.3 Å². The zero-order valence-electron chi connectivity index (χ0n) is 11.6. The minimum absolute atomic E-state index is 1.18. The maximum Gasteiger partial charge on any atom is 0.0453 e. The summed E-state index contributed by atoms with van der Waals surface area (Å²) in [5.41, 5.74) is 1.26. The number of benzene rings is 3. The van der Waals surface area contributed by atoms with E-state index in [1.54, 1.807) is 0 Å². The van der Waals surface area contributed by atoms with Gasteiger partial charge in [-0.3, -0.25) is 0 Å². The van der Waals surface area contributed by atoms with Crippen LogP contribution < -0.4 is 4.90 Å². The first-order valence-electron chi connectivity index (χ1n) is 7.50. The van der Waals surface area contributed by atoms with Crippen molar-refractivity contribution >= 4 is 27.2 Å². The predicted molar refractivity (Wildman–Crippen MR) is 86.4 cm³/mol. The molecule has 3 aromatic carbocycles. The second-order valence-corrected chi connectivity index (χ2v) is 5.68. The average molecular weight is 260 g/mol. The summed E-state index contributed by atoms with van der Waals surface area (Å²) < 4.78 is 0. The van der Waals surface area contributed by atoms with Crippen LogP contribution in [0.3, 0.4) is 0 Å². The number of hydrogen-bond donors (Lipinski definition) is 0. The fraction of sp³-hybridized carbons (Fsp3) is 0.263. The maximum absolute atomic E-state index is 3.61. The number of hydrogen-bond acceptors (Lipinski definition) is 1. The average Bonchev–Trinajstić information content (AvgIpc) is 2.53. The molecule has 4 rings (SSSR count). The Hall–Kier alpha value is -2.02. The standard InChI is InChI=1S/C19H18N/c1-4-10-20(11-5-1)19-9-8-17-12-15-6-2-3-7-16(15)13-18(17)14-19/h2-3,6-9,12-13H,1,4-5,10-11H2. The van der Waals surface area contributed by atoms with Gasteiger partial charge in [0.1, 0.15) is 0 Å². The van der Waals surface area contributed by atoms with Gasteiger partial charge in [-0.15, -0.1) is 0 Å². The predicted octanol–water partition coefficient (Wildman–Crippen LogP) is 4.78. The molecule has 20 heavy (non-hydrogen) atoms. The molecule has 99 valence electrons. The maximum atomic E-state index is 3.61. The summed E-state index contributed by atoms with van der Waals surface area (Å²) in [6, 6.07) is 21.2. The second-order valence-electron chi connectivity index (χ2n) is 5.68. The van der Waals surface area contributed by atoms with Crippen LogP contribution >= 0.6 is 0 Å². The highest BCUT2D eigenvalue weighted by molar-refractivity contribution is 5.99. The van der Waals surface area contributed by atoms with E-state index in [1.165, 1.54) is 59.6 Å². The Morgan fingerprint density at radius 2 is 1.50 bits per heavy atom. The number of fused-ring (bicyclic) bond motifs is 2. The third-order valence-electron chi connectivity index (χ3n) is 4.30. The van der Waals surface area contributed by atoms with E-state index in [4.69, 9.17) is 0 Å². The van der Waals surface area contributed by atoms with Crippen LogP contribution in [0.5, 0.6) is 0 Å². The third kappa shape index (κ3) is 2.03. The molecule has 1 saturated heterocycles. The minimum atomic E-state index is 1.18. The first-order valence-corrected chi connectivity index (χ1v) is 7.50. The lowest BCUT2D eigenvalue weighted by Crippen LogP contribution is -2.29. The Labute approximate surface area is 119 Å². The molecule has 0 bridgehead atoms. The summed E-state index contributed by atoms with van der Waals surface area (Å²) in [7, 11) is 0. The van der Waals surface area contributed by atoms with E-state index in [0.29, 0.717) is 0 Å². The largest absolute Gasteiger partial charge is 0.371 e. The van der Waals surface area contributed by atoms with Crippen molar-refractivity contribution in [3.8, 4) is 0 Å². The minimum Gasteiger partial charge on any atom is -0.371 e. The van der Waals surface area contributed by atoms with Crippen molar-refractivity contribution in [1.29, 1.82) is 0 Å². The molecular weight excluding hydrogens is 242 g/mol. The Bertz CT molecular complexity index is 754. The molecule has 1 heterocycles. The lowest BCUT2D eigenvalue weighted by atomic mass is 10.0. The lowest BCUT2D eigenvalue weighted by molar-refractivity contribution is 0.578. The van der Waals surface area contributed by atoms with Crippen LogP contribution in [0.4, 0.5) is 5.69 Å². The molecule has 1 nitrogen and oxygen atoms in total. The molecule has 0 spiro atoms. The SMILES string of the molecule is [c]1c(N2CCCCC2)ccc2cc3ccccc3cc12. The Kier molecular flexibility index (Phi) is 2.84. The molecular formula is C19H18N. The molecule has 1 aliphatic heterocycles. The highest BCUT2D eigenvalue weighted by atomic mass is 15.1. The monoisotopic (exact) mass is 260 g/mol. The van der Waals surface area contributed by atoms with E-state index in [1.807, 2.05) is 0 Å². The molecule has 0 atom stereocenters. The van der Waals surface area contributed by atoms with Gasteiger partial charge in [0.05, 0.1) is 0 Å². The third-order valence-corrected chi connectivity index (χ3v) is 4.30. The molecule has 1 radical (unpaired) electrons. The quantitative estimate of drug-likeness (QED) is 0.569. The van der Waals surface area contributed by atoms with Gasteiger partial charge in [-0.1, -0.05) is 30.3 Å². The van der Waals surface area contributed by atoms with E-state index in [9.17, 15) is 0 Å². The summed E-state index contributed by atoms with van der Waals surface area (Å²) >= 11 is 0. The summed E-state index contributed by atoms with van der Waals surface area (Å²) in [4.78, 5) is 2.47.